The van der Waals surface area contributed by atoms with E-state index in [1.54, 1.807) is 0 Å². The molecule has 2 aromatic rings. The number of ketones is 1. The minimum atomic E-state index is -1.02. The lowest BCUT2D eigenvalue weighted by atomic mass is 9.91. The molecule has 1 aliphatic rings. The van der Waals surface area contributed by atoms with E-state index in [0.29, 0.717) is 5.56 Å². The van der Waals surface area contributed by atoms with Crippen molar-refractivity contribution in [3.05, 3.63) is 71.8 Å². The Morgan fingerprint density at radius 2 is 1.74 bits per heavy atom. The Kier molecular flexibility index (Phi) is 4.60. The molecule has 116 valence electrons. The van der Waals surface area contributed by atoms with Crippen molar-refractivity contribution in [2.45, 2.75) is 37.9 Å². The third-order valence-corrected chi connectivity index (χ3v) is 4.02. The van der Waals surface area contributed by atoms with Crippen molar-refractivity contribution in [3.8, 4) is 11.8 Å². The van der Waals surface area contributed by atoms with E-state index in [9.17, 15) is 4.79 Å². The molecular weight excluding hydrogens is 284 g/mol. The highest BCUT2D eigenvalue weighted by atomic mass is 16.6. The fourth-order valence-electron chi connectivity index (χ4n) is 2.67. The van der Waals surface area contributed by atoms with Crippen molar-refractivity contribution >= 4 is 5.78 Å². The zero-order chi connectivity index (χ0) is 16.1. The van der Waals surface area contributed by atoms with Crippen LogP contribution in [0.1, 0.15) is 48.2 Å². The summed E-state index contributed by atoms with van der Waals surface area (Å²) in [5, 5.41) is 0. The average Bonchev–Trinajstić information content (AvgIpc) is 3.35. The maximum absolute atomic E-state index is 12.9. The van der Waals surface area contributed by atoms with E-state index in [1.165, 1.54) is 0 Å². The number of epoxide rings is 1. The first kappa shape index (κ1) is 15.5. The molecule has 0 aromatic heterocycles. The summed E-state index contributed by atoms with van der Waals surface area (Å²) in [5.41, 5.74) is 0.633. The van der Waals surface area contributed by atoms with Crippen LogP contribution in [0.3, 0.4) is 0 Å². The summed E-state index contributed by atoms with van der Waals surface area (Å²) >= 11 is 0. The fraction of sp³-hybridized carbons (Fsp3) is 0.286. The van der Waals surface area contributed by atoms with Gasteiger partial charge in [-0.15, -0.1) is 0 Å². The van der Waals surface area contributed by atoms with Gasteiger partial charge in [0.15, 0.2) is 0 Å². The Balaban J connectivity index is 1.89. The minimum Gasteiger partial charge on any atom is -0.339 e. The number of ether oxygens (including phenoxy) is 1. The average molecular weight is 304 g/mol. The highest BCUT2D eigenvalue weighted by Gasteiger charge is 2.62. The van der Waals surface area contributed by atoms with Crippen LogP contribution in [0, 0.1) is 11.8 Å². The molecule has 0 radical (unpaired) electrons. The van der Waals surface area contributed by atoms with E-state index < -0.39 is 5.60 Å². The summed E-state index contributed by atoms with van der Waals surface area (Å²) in [6.45, 7) is 2.13. The SMILES string of the molecule is CCCCC#C[C@@]1(C(=O)c2ccccc2)O[C@H]1c1ccccc1. The molecule has 2 aromatic carbocycles. The maximum Gasteiger partial charge on any atom is 0.223 e. The predicted octanol–water partition coefficient (Wildman–Crippen LogP) is 4.57. The quantitative estimate of drug-likeness (QED) is 0.350. The Bertz CT molecular complexity index is 725. The number of hydrogen-bond donors (Lipinski definition) is 0. The van der Waals surface area contributed by atoms with Crippen LogP contribution in [0.15, 0.2) is 60.7 Å². The second-order valence-corrected chi connectivity index (χ2v) is 5.74. The first-order chi connectivity index (χ1) is 11.3. The summed E-state index contributed by atoms with van der Waals surface area (Å²) in [7, 11) is 0. The molecule has 0 unspecified atom stereocenters. The van der Waals surface area contributed by atoms with E-state index in [-0.39, 0.29) is 11.9 Å². The summed E-state index contributed by atoms with van der Waals surface area (Å²) in [4.78, 5) is 12.9. The Morgan fingerprint density at radius 1 is 1.09 bits per heavy atom. The molecule has 0 bridgehead atoms. The molecule has 2 atom stereocenters. The number of Topliss-reactive ketones (excluding diaryl/α,β-unsaturated/α-hetero) is 1. The monoisotopic (exact) mass is 304 g/mol. The van der Waals surface area contributed by atoms with Gasteiger partial charge in [0.25, 0.3) is 0 Å². The Morgan fingerprint density at radius 3 is 2.39 bits per heavy atom. The lowest BCUT2D eigenvalue weighted by Gasteiger charge is -2.05. The number of unbranched alkanes of at least 4 members (excludes halogenated alkanes) is 2. The van der Waals surface area contributed by atoms with E-state index >= 15 is 0 Å². The second kappa shape index (κ2) is 6.81. The summed E-state index contributed by atoms with van der Waals surface area (Å²) in [5.74, 6) is 6.23. The molecule has 1 aliphatic heterocycles. The van der Waals surface area contributed by atoms with Crippen LogP contribution in [0.25, 0.3) is 0 Å². The van der Waals surface area contributed by atoms with Gasteiger partial charge in [0.2, 0.25) is 11.4 Å². The van der Waals surface area contributed by atoms with Crippen molar-refractivity contribution in [2.24, 2.45) is 0 Å². The van der Waals surface area contributed by atoms with Crippen LogP contribution in [0.4, 0.5) is 0 Å². The van der Waals surface area contributed by atoms with Gasteiger partial charge in [-0.05, 0) is 12.0 Å². The van der Waals surface area contributed by atoms with E-state index in [1.807, 2.05) is 60.7 Å². The molecule has 3 rings (SSSR count). The molecule has 0 N–H and O–H groups in total. The van der Waals surface area contributed by atoms with Gasteiger partial charge < -0.3 is 4.74 Å². The normalized spacial score (nSPS) is 22.0. The third-order valence-electron chi connectivity index (χ3n) is 4.02. The van der Waals surface area contributed by atoms with Gasteiger partial charge in [0, 0.05) is 12.0 Å². The molecule has 1 heterocycles. The molecule has 1 saturated heterocycles. The van der Waals surface area contributed by atoms with Gasteiger partial charge in [-0.2, -0.15) is 0 Å². The number of hydrogen-bond acceptors (Lipinski definition) is 2. The summed E-state index contributed by atoms with van der Waals surface area (Å²) < 4.78 is 5.86. The molecule has 1 fully saturated rings. The Labute approximate surface area is 137 Å². The first-order valence-electron chi connectivity index (χ1n) is 8.10. The zero-order valence-corrected chi connectivity index (χ0v) is 13.3. The highest BCUT2D eigenvalue weighted by molar-refractivity contribution is 6.07. The van der Waals surface area contributed by atoms with Gasteiger partial charge in [-0.25, -0.2) is 0 Å². The number of rotatable bonds is 5. The largest absolute Gasteiger partial charge is 0.339 e. The minimum absolute atomic E-state index is 0.0454. The first-order valence-corrected chi connectivity index (χ1v) is 8.10. The lowest BCUT2D eigenvalue weighted by Crippen LogP contribution is -2.24. The molecule has 0 spiro atoms. The topological polar surface area (TPSA) is 29.6 Å². The van der Waals surface area contributed by atoms with Gasteiger partial charge in [-0.1, -0.05) is 85.8 Å². The second-order valence-electron chi connectivity index (χ2n) is 5.74. The maximum atomic E-state index is 12.9. The number of benzene rings is 2. The van der Waals surface area contributed by atoms with Crippen molar-refractivity contribution in [1.29, 1.82) is 0 Å². The summed E-state index contributed by atoms with van der Waals surface area (Å²) in [6, 6.07) is 19.1. The van der Waals surface area contributed by atoms with E-state index in [0.717, 1.165) is 24.8 Å². The number of carbonyl (C=O) groups excluding carboxylic acids is 1. The molecule has 2 nitrogen and oxygen atoms in total. The molecule has 23 heavy (non-hydrogen) atoms. The van der Waals surface area contributed by atoms with Crippen LogP contribution in [-0.2, 0) is 4.74 Å². The molecular formula is C21H20O2. The van der Waals surface area contributed by atoms with Crippen molar-refractivity contribution < 1.29 is 9.53 Å². The highest BCUT2D eigenvalue weighted by Crippen LogP contribution is 2.51. The third kappa shape index (κ3) is 3.21. The van der Waals surface area contributed by atoms with Crippen LogP contribution in [0.2, 0.25) is 0 Å². The summed E-state index contributed by atoms with van der Waals surface area (Å²) in [6.07, 6.45) is 2.66. The van der Waals surface area contributed by atoms with E-state index in [4.69, 9.17) is 4.74 Å². The van der Waals surface area contributed by atoms with Gasteiger partial charge in [-0.3, -0.25) is 4.79 Å². The standard InChI is InChI=1S/C21H20O2/c1-2-3-4-11-16-21(19(22)17-12-7-5-8-13-17)20(23-21)18-14-9-6-10-15-18/h5-10,12-15,20H,2-4H2,1H3/t20-,21-/m0/s1. The van der Waals surface area contributed by atoms with Gasteiger partial charge in [0.1, 0.15) is 6.10 Å². The van der Waals surface area contributed by atoms with Crippen LogP contribution in [0.5, 0.6) is 0 Å². The van der Waals surface area contributed by atoms with Crippen LogP contribution in [-0.4, -0.2) is 11.4 Å². The number of carbonyl (C=O) groups is 1. The van der Waals surface area contributed by atoms with Crippen molar-refractivity contribution in [2.75, 3.05) is 0 Å². The smallest absolute Gasteiger partial charge is 0.223 e. The van der Waals surface area contributed by atoms with Crippen molar-refractivity contribution in [1.82, 2.24) is 0 Å². The molecule has 0 amide bonds. The Hall–Kier alpha value is -2.37. The van der Waals surface area contributed by atoms with E-state index in [2.05, 4.69) is 18.8 Å². The molecule has 2 heteroatoms. The van der Waals surface area contributed by atoms with Gasteiger partial charge >= 0.3 is 0 Å². The lowest BCUT2D eigenvalue weighted by molar-refractivity contribution is 0.0916. The van der Waals surface area contributed by atoms with Crippen LogP contribution < -0.4 is 0 Å². The van der Waals surface area contributed by atoms with Crippen molar-refractivity contribution in [3.63, 3.8) is 0 Å². The van der Waals surface area contributed by atoms with Crippen LogP contribution >= 0.6 is 0 Å². The fourth-order valence-corrected chi connectivity index (χ4v) is 2.67. The predicted molar refractivity (Wildman–Crippen MR) is 91.1 cm³/mol. The molecule has 0 saturated carbocycles. The van der Waals surface area contributed by atoms with Gasteiger partial charge in [0.05, 0.1) is 0 Å². The molecule has 0 aliphatic carbocycles. The zero-order valence-electron chi connectivity index (χ0n) is 13.3.